The highest BCUT2D eigenvalue weighted by molar-refractivity contribution is 5.66. The molecule has 0 unspecified atom stereocenters. The highest BCUT2D eigenvalue weighted by Gasteiger charge is 2.23. The first kappa shape index (κ1) is 15.3. The van der Waals surface area contributed by atoms with Crippen LogP contribution >= 0.6 is 0 Å². The van der Waals surface area contributed by atoms with Gasteiger partial charge in [0.05, 0.1) is 0 Å². The molecule has 1 fully saturated rings. The highest BCUT2D eigenvalue weighted by Crippen LogP contribution is 2.23. The lowest BCUT2D eigenvalue weighted by atomic mass is 9.92. The van der Waals surface area contributed by atoms with E-state index in [-0.39, 0.29) is 17.8 Å². The average Bonchev–Trinajstić information content (AvgIpc) is 2.47. The number of hydrogen-bond acceptors (Lipinski definition) is 5. The molecule has 0 amide bonds. The van der Waals surface area contributed by atoms with E-state index >= 15 is 0 Å². The highest BCUT2D eigenvalue weighted by atomic mass is 16.4. The molecule has 0 aromatic carbocycles. The summed E-state index contributed by atoms with van der Waals surface area (Å²) in [5.41, 5.74) is -0.831. The maximum absolute atomic E-state index is 12.1. The molecule has 1 aromatic heterocycles. The fourth-order valence-electron chi connectivity index (χ4n) is 2.64. The number of aryl methyl sites for hydroxylation is 1. The molecule has 116 valence electrons. The molecule has 0 spiro atoms. The Morgan fingerprint density at radius 3 is 2.48 bits per heavy atom. The first-order valence-corrected chi connectivity index (χ1v) is 7.01. The maximum Gasteiger partial charge on any atom is 0.346 e. The Hall–Kier alpha value is -2.12. The summed E-state index contributed by atoms with van der Waals surface area (Å²) in [6.45, 7) is 1.31. The zero-order chi connectivity index (χ0) is 15.6. The summed E-state index contributed by atoms with van der Waals surface area (Å²) in [6.07, 6.45) is 2.52. The van der Waals surface area contributed by atoms with Crippen LogP contribution in [0, 0.1) is 5.92 Å². The van der Waals surface area contributed by atoms with Crippen molar-refractivity contribution >= 4 is 11.8 Å². The molecule has 0 saturated carbocycles. The average molecular weight is 296 g/mol. The molecule has 8 heteroatoms. The third-order valence-corrected chi connectivity index (χ3v) is 3.98. The number of aliphatic carboxylic acids is 1. The van der Waals surface area contributed by atoms with Crippen molar-refractivity contribution in [3.05, 3.63) is 20.8 Å². The Labute approximate surface area is 121 Å². The molecule has 0 radical (unpaired) electrons. The molecule has 0 aliphatic carbocycles. The van der Waals surface area contributed by atoms with Gasteiger partial charge in [-0.1, -0.05) is 0 Å². The minimum Gasteiger partial charge on any atom is -0.481 e. The van der Waals surface area contributed by atoms with Gasteiger partial charge < -0.3 is 10.0 Å². The van der Waals surface area contributed by atoms with Crippen LogP contribution in [0.4, 0.5) is 5.82 Å². The predicted molar refractivity (Wildman–Crippen MR) is 76.5 cm³/mol. The van der Waals surface area contributed by atoms with Crippen LogP contribution in [0.1, 0.15) is 25.7 Å². The minimum absolute atomic E-state index is 0.185. The van der Waals surface area contributed by atoms with Crippen LogP contribution in [0.2, 0.25) is 0 Å². The zero-order valence-electron chi connectivity index (χ0n) is 12.3. The molecular weight excluding hydrogens is 276 g/mol. The van der Waals surface area contributed by atoms with Crippen molar-refractivity contribution in [3.63, 3.8) is 0 Å². The molecule has 0 atom stereocenters. The number of carbonyl (C=O) groups is 1. The van der Waals surface area contributed by atoms with Crippen LogP contribution in [0.3, 0.4) is 0 Å². The second kappa shape index (κ2) is 6.11. The Balaban J connectivity index is 2.08. The quantitative estimate of drug-likeness (QED) is 0.809. The lowest BCUT2D eigenvalue weighted by Crippen LogP contribution is -2.45. The van der Waals surface area contributed by atoms with E-state index in [2.05, 4.69) is 5.10 Å². The van der Waals surface area contributed by atoms with Crippen molar-refractivity contribution < 1.29 is 9.90 Å². The summed E-state index contributed by atoms with van der Waals surface area (Å²) in [6, 6.07) is 0. The lowest BCUT2D eigenvalue weighted by Gasteiger charge is -2.32. The van der Waals surface area contributed by atoms with Crippen molar-refractivity contribution in [2.24, 2.45) is 20.0 Å². The van der Waals surface area contributed by atoms with Crippen LogP contribution < -0.4 is 16.1 Å². The van der Waals surface area contributed by atoms with Gasteiger partial charge in [0, 0.05) is 33.6 Å². The molecule has 1 N–H and O–H groups in total. The zero-order valence-corrected chi connectivity index (χ0v) is 12.3. The summed E-state index contributed by atoms with van der Waals surface area (Å²) in [7, 11) is 2.96. The fraction of sp³-hybridized carbons (Fsp3) is 0.692. The molecule has 8 nitrogen and oxygen atoms in total. The standard InChI is InChI=1S/C13H20N4O4/c1-15-12(20)11(14-16(2)13(15)21)17-7-5-9(6-8-17)3-4-10(18)19/h9H,3-8H2,1-2H3,(H,18,19). The Kier molecular flexibility index (Phi) is 4.44. The Morgan fingerprint density at radius 1 is 1.29 bits per heavy atom. The van der Waals surface area contributed by atoms with Gasteiger partial charge in [-0.25, -0.2) is 9.48 Å². The molecular formula is C13H20N4O4. The van der Waals surface area contributed by atoms with E-state index in [1.165, 1.54) is 14.1 Å². The smallest absolute Gasteiger partial charge is 0.346 e. The number of carboxylic acids is 1. The van der Waals surface area contributed by atoms with Gasteiger partial charge in [0.1, 0.15) is 0 Å². The maximum atomic E-state index is 12.1. The van der Waals surface area contributed by atoms with E-state index in [9.17, 15) is 14.4 Å². The second-order valence-electron chi connectivity index (χ2n) is 5.46. The molecule has 1 aromatic rings. The molecule has 2 rings (SSSR count). The lowest BCUT2D eigenvalue weighted by molar-refractivity contribution is -0.137. The molecule has 0 bridgehead atoms. The summed E-state index contributed by atoms with van der Waals surface area (Å²) < 4.78 is 2.21. The van der Waals surface area contributed by atoms with E-state index in [4.69, 9.17) is 5.11 Å². The molecule has 1 aliphatic rings. The van der Waals surface area contributed by atoms with E-state index in [0.29, 0.717) is 25.4 Å². The molecule has 2 heterocycles. The van der Waals surface area contributed by atoms with Crippen LogP contribution in [0.15, 0.2) is 9.59 Å². The van der Waals surface area contributed by atoms with E-state index in [1.54, 1.807) is 0 Å². The SMILES string of the molecule is Cn1nc(N2CCC(CCC(=O)O)CC2)c(=O)n(C)c1=O. The van der Waals surface area contributed by atoms with Gasteiger partial charge in [0.2, 0.25) is 5.82 Å². The van der Waals surface area contributed by atoms with Gasteiger partial charge in [-0.3, -0.25) is 14.2 Å². The van der Waals surface area contributed by atoms with Gasteiger partial charge >= 0.3 is 11.7 Å². The number of nitrogens with zero attached hydrogens (tertiary/aromatic N) is 4. The first-order valence-electron chi connectivity index (χ1n) is 7.01. The van der Waals surface area contributed by atoms with Crippen molar-refractivity contribution in [1.29, 1.82) is 0 Å². The van der Waals surface area contributed by atoms with Crippen molar-refractivity contribution in [2.45, 2.75) is 25.7 Å². The third kappa shape index (κ3) is 3.32. The summed E-state index contributed by atoms with van der Waals surface area (Å²) in [4.78, 5) is 36.2. The van der Waals surface area contributed by atoms with Crippen LogP contribution in [0.5, 0.6) is 0 Å². The number of piperidine rings is 1. The van der Waals surface area contributed by atoms with Crippen molar-refractivity contribution in [1.82, 2.24) is 14.3 Å². The van der Waals surface area contributed by atoms with Gasteiger partial charge in [-0.2, -0.15) is 0 Å². The minimum atomic E-state index is -0.772. The third-order valence-electron chi connectivity index (χ3n) is 3.98. The number of hydrogen-bond donors (Lipinski definition) is 1. The monoisotopic (exact) mass is 296 g/mol. The van der Waals surface area contributed by atoms with Crippen molar-refractivity contribution in [2.75, 3.05) is 18.0 Å². The van der Waals surface area contributed by atoms with E-state index < -0.39 is 11.7 Å². The summed E-state index contributed by atoms with van der Waals surface area (Å²) in [5.74, 6) is -0.115. The van der Waals surface area contributed by atoms with E-state index in [1.807, 2.05) is 4.90 Å². The van der Waals surface area contributed by atoms with Gasteiger partial charge in [-0.15, -0.1) is 5.10 Å². The summed E-state index contributed by atoms with van der Waals surface area (Å²) >= 11 is 0. The number of anilines is 1. The molecule has 1 aliphatic heterocycles. The second-order valence-corrected chi connectivity index (χ2v) is 5.46. The topological polar surface area (TPSA) is 97.4 Å². The number of aromatic nitrogens is 3. The van der Waals surface area contributed by atoms with Crippen LogP contribution in [-0.4, -0.2) is 38.5 Å². The van der Waals surface area contributed by atoms with Gasteiger partial charge in [0.15, 0.2) is 0 Å². The van der Waals surface area contributed by atoms with Crippen LogP contribution in [0.25, 0.3) is 0 Å². The van der Waals surface area contributed by atoms with E-state index in [0.717, 1.165) is 22.1 Å². The Bertz CT molecular complexity index is 641. The number of carboxylic acid groups (broad SMARTS) is 1. The molecule has 21 heavy (non-hydrogen) atoms. The number of rotatable bonds is 4. The van der Waals surface area contributed by atoms with Crippen LogP contribution in [-0.2, 0) is 18.9 Å². The first-order chi connectivity index (χ1) is 9.90. The van der Waals surface area contributed by atoms with Gasteiger partial charge in [0.25, 0.3) is 5.56 Å². The Morgan fingerprint density at radius 2 is 1.90 bits per heavy atom. The largest absolute Gasteiger partial charge is 0.481 e. The molecule has 1 saturated heterocycles. The normalized spacial score (nSPS) is 16.2. The predicted octanol–water partition coefficient (Wildman–Crippen LogP) is -0.440. The van der Waals surface area contributed by atoms with Crippen molar-refractivity contribution in [3.8, 4) is 0 Å². The fourth-order valence-corrected chi connectivity index (χ4v) is 2.64. The van der Waals surface area contributed by atoms with Gasteiger partial charge in [-0.05, 0) is 25.2 Å². The summed E-state index contributed by atoms with van der Waals surface area (Å²) in [5, 5.41) is 12.8.